The van der Waals surface area contributed by atoms with Gasteiger partial charge in [-0.1, -0.05) is 23.7 Å². The normalized spacial score (nSPS) is 10.8. The van der Waals surface area contributed by atoms with Gasteiger partial charge in [0, 0.05) is 10.9 Å². The van der Waals surface area contributed by atoms with Crippen molar-refractivity contribution in [2.45, 2.75) is 0 Å². The van der Waals surface area contributed by atoms with Crippen molar-refractivity contribution in [1.29, 1.82) is 0 Å². The van der Waals surface area contributed by atoms with E-state index in [1.807, 2.05) is 5.38 Å². The lowest BCUT2D eigenvalue weighted by Gasteiger charge is -2.01. The highest BCUT2D eigenvalue weighted by Gasteiger charge is 2.13. The van der Waals surface area contributed by atoms with Crippen molar-refractivity contribution in [3.05, 3.63) is 52.1 Å². The van der Waals surface area contributed by atoms with Crippen LogP contribution in [0.4, 0.5) is 10.1 Å². The quantitative estimate of drug-likeness (QED) is 0.777. The lowest BCUT2D eigenvalue weighted by molar-refractivity contribution is 0.611. The third-order valence-corrected chi connectivity index (χ3v) is 3.77. The van der Waals surface area contributed by atoms with Gasteiger partial charge in [-0.25, -0.2) is 9.07 Å². The SMILES string of the molecule is Nc1cn(-c2ccccc2F)nc1-c1csc(Cl)c1. The number of nitrogen functional groups attached to an aromatic ring is 1. The minimum absolute atomic E-state index is 0.347. The zero-order valence-corrected chi connectivity index (χ0v) is 11.2. The van der Waals surface area contributed by atoms with Crippen LogP contribution in [0.3, 0.4) is 0 Å². The Morgan fingerprint density at radius 1 is 1.32 bits per heavy atom. The van der Waals surface area contributed by atoms with Crippen LogP contribution >= 0.6 is 22.9 Å². The second-order valence-electron chi connectivity index (χ2n) is 3.97. The van der Waals surface area contributed by atoms with E-state index in [9.17, 15) is 4.39 Å². The molecule has 3 nitrogen and oxygen atoms in total. The smallest absolute Gasteiger partial charge is 0.148 e. The first-order valence-electron chi connectivity index (χ1n) is 5.49. The van der Waals surface area contributed by atoms with Crippen LogP contribution in [-0.2, 0) is 0 Å². The molecular formula is C13H9ClFN3S. The van der Waals surface area contributed by atoms with Gasteiger partial charge in [0.2, 0.25) is 0 Å². The highest BCUT2D eigenvalue weighted by Crippen LogP contribution is 2.31. The Labute approximate surface area is 118 Å². The van der Waals surface area contributed by atoms with Crippen LogP contribution in [0.15, 0.2) is 41.9 Å². The number of nitrogens with zero attached hydrogens (tertiary/aromatic N) is 2. The number of thiophene rings is 1. The highest BCUT2D eigenvalue weighted by atomic mass is 35.5. The number of nitrogens with two attached hydrogens (primary N) is 1. The zero-order chi connectivity index (χ0) is 13.4. The van der Waals surface area contributed by atoms with Crippen molar-refractivity contribution in [2.24, 2.45) is 0 Å². The molecule has 6 heteroatoms. The fourth-order valence-corrected chi connectivity index (χ4v) is 2.67. The van der Waals surface area contributed by atoms with Crippen molar-refractivity contribution >= 4 is 28.6 Å². The second kappa shape index (κ2) is 4.68. The number of rotatable bonds is 2. The van der Waals surface area contributed by atoms with Crippen LogP contribution in [0.25, 0.3) is 16.9 Å². The first-order valence-corrected chi connectivity index (χ1v) is 6.75. The summed E-state index contributed by atoms with van der Waals surface area (Å²) < 4.78 is 15.8. The van der Waals surface area contributed by atoms with Crippen LogP contribution < -0.4 is 5.73 Å². The molecule has 0 radical (unpaired) electrons. The topological polar surface area (TPSA) is 43.8 Å². The molecule has 2 N–H and O–H groups in total. The van der Waals surface area contributed by atoms with E-state index in [2.05, 4.69) is 5.10 Å². The average molecular weight is 294 g/mol. The molecule has 96 valence electrons. The van der Waals surface area contributed by atoms with E-state index in [4.69, 9.17) is 17.3 Å². The van der Waals surface area contributed by atoms with Gasteiger partial charge in [-0.3, -0.25) is 0 Å². The fourth-order valence-electron chi connectivity index (χ4n) is 1.81. The molecule has 0 spiro atoms. The molecule has 0 aliphatic heterocycles. The molecule has 0 saturated carbocycles. The number of hydrogen-bond donors (Lipinski definition) is 1. The lowest BCUT2D eigenvalue weighted by Crippen LogP contribution is -1.97. The van der Waals surface area contributed by atoms with Gasteiger partial charge in [-0.05, 0) is 18.2 Å². The molecule has 3 aromatic rings. The van der Waals surface area contributed by atoms with Crippen LogP contribution in [0.5, 0.6) is 0 Å². The van der Waals surface area contributed by atoms with E-state index in [0.29, 0.717) is 21.4 Å². The monoisotopic (exact) mass is 293 g/mol. The molecule has 0 aliphatic rings. The summed E-state index contributed by atoms with van der Waals surface area (Å²) in [7, 11) is 0. The van der Waals surface area contributed by atoms with Gasteiger partial charge in [0.05, 0.1) is 16.2 Å². The predicted octanol–water partition coefficient (Wildman–Crippen LogP) is 3.98. The lowest BCUT2D eigenvalue weighted by atomic mass is 10.2. The Kier molecular flexibility index (Phi) is 3.00. The summed E-state index contributed by atoms with van der Waals surface area (Å²) in [6.45, 7) is 0. The Bertz CT molecular complexity index is 735. The standard InChI is InChI=1S/C13H9ClFN3S/c14-12-5-8(7-19-12)13-10(16)6-18(17-13)11-4-2-1-3-9(11)15/h1-7H,16H2. The number of hydrogen-bond acceptors (Lipinski definition) is 3. The third kappa shape index (κ3) is 2.22. The van der Waals surface area contributed by atoms with Crippen molar-refractivity contribution in [3.63, 3.8) is 0 Å². The van der Waals surface area contributed by atoms with Gasteiger partial charge in [-0.15, -0.1) is 11.3 Å². The Morgan fingerprint density at radius 2 is 2.11 bits per heavy atom. The van der Waals surface area contributed by atoms with Crippen LogP contribution in [0, 0.1) is 5.82 Å². The molecule has 0 aliphatic carbocycles. The molecule has 0 atom stereocenters. The van der Waals surface area contributed by atoms with Crippen LogP contribution in [0.2, 0.25) is 4.34 Å². The Morgan fingerprint density at radius 3 is 2.79 bits per heavy atom. The molecule has 0 fully saturated rings. The molecular weight excluding hydrogens is 285 g/mol. The van der Waals surface area contributed by atoms with Gasteiger partial charge >= 0.3 is 0 Å². The van der Waals surface area contributed by atoms with Crippen LogP contribution in [-0.4, -0.2) is 9.78 Å². The average Bonchev–Trinajstić information content (AvgIpc) is 2.96. The first-order chi connectivity index (χ1) is 9.15. The summed E-state index contributed by atoms with van der Waals surface area (Å²) in [6.07, 6.45) is 1.60. The third-order valence-electron chi connectivity index (χ3n) is 2.68. The van der Waals surface area contributed by atoms with Crippen molar-refractivity contribution in [2.75, 3.05) is 5.73 Å². The summed E-state index contributed by atoms with van der Waals surface area (Å²) in [4.78, 5) is 0. The molecule has 2 heterocycles. The first kappa shape index (κ1) is 12.2. The van der Waals surface area contributed by atoms with E-state index in [1.165, 1.54) is 22.1 Å². The summed E-state index contributed by atoms with van der Waals surface area (Å²) in [5.74, 6) is -0.347. The number of aromatic nitrogens is 2. The zero-order valence-electron chi connectivity index (χ0n) is 9.68. The molecule has 19 heavy (non-hydrogen) atoms. The van der Waals surface area contributed by atoms with E-state index in [0.717, 1.165) is 5.56 Å². The molecule has 2 aromatic heterocycles. The van der Waals surface area contributed by atoms with E-state index in [-0.39, 0.29) is 5.82 Å². The molecule has 0 saturated heterocycles. The van der Waals surface area contributed by atoms with Crippen molar-refractivity contribution in [3.8, 4) is 16.9 Å². The summed E-state index contributed by atoms with van der Waals surface area (Å²) in [5.41, 5.74) is 8.21. The molecule has 3 rings (SSSR count). The number of benzene rings is 1. The predicted molar refractivity (Wildman–Crippen MR) is 76.3 cm³/mol. The minimum atomic E-state index is -0.347. The maximum Gasteiger partial charge on any atom is 0.148 e. The number of para-hydroxylation sites is 1. The summed E-state index contributed by atoms with van der Waals surface area (Å²) in [5, 5.41) is 6.19. The Balaban J connectivity index is 2.10. The van der Waals surface area contributed by atoms with Gasteiger partial charge < -0.3 is 5.73 Å². The Hall–Kier alpha value is -1.85. The molecule has 0 bridgehead atoms. The second-order valence-corrected chi connectivity index (χ2v) is 5.51. The summed E-state index contributed by atoms with van der Waals surface area (Å²) in [6, 6.07) is 8.19. The molecule has 0 amide bonds. The van der Waals surface area contributed by atoms with E-state index >= 15 is 0 Å². The van der Waals surface area contributed by atoms with Crippen molar-refractivity contribution < 1.29 is 4.39 Å². The maximum absolute atomic E-state index is 13.7. The number of halogens is 2. The number of anilines is 1. The molecule has 1 aromatic carbocycles. The van der Waals surface area contributed by atoms with Gasteiger partial charge in [0.25, 0.3) is 0 Å². The van der Waals surface area contributed by atoms with Crippen molar-refractivity contribution in [1.82, 2.24) is 9.78 Å². The maximum atomic E-state index is 13.7. The van der Waals surface area contributed by atoms with Gasteiger partial charge in [0.1, 0.15) is 17.2 Å². The summed E-state index contributed by atoms with van der Waals surface area (Å²) >= 11 is 7.30. The van der Waals surface area contributed by atoms with Crippen LogP contribution in [0.1, 0.15) is 0 Å². The van der Waals surface area contributed by atoms with E-state index in [1.54, 1.807) is 30.5 Å². The minimum Gasteiger partial charge on any atom is -0.396 e. The highest BCUT2D eigenvalue weighted by molar-refractivity contribution is 7.14. The van der Waals surface area contributed by atoms with Gasteiger partial charge in [0.15, 0.2) is 0 Å². The van der Waals surface area contributed by atoms with E-state index < -0.39 is 0 Å². The molecule has 0 unspecified atom stereocenters. The van der Waals surface area contributed by atoms with Gasteiger partial charge in [-0.2, -0.15) is 5.10 Å². The fraction of sp³-hybridized carbons (Fsp3) is 0. The largest absolute Gasteiger partial charge is 0.396 e.